The van der Waals surface area contributed by atoms with Crippen LogP contribution < -0.4 is 0 Å². The fourth-order valence-electron chi connectivity index (χ4n) is 1.19. The monoisotopic (exact) mass is 273 g/mol. The Hall–Kier alpha value is -1.01. The number of rotatable bonds is 1. The second-order valence-electron chi connectivity index (χ2n) is 2.95. The highest BCUT2D eigenvalue weighted by Gasteiger charge is 2.40. The van der Waals surface area contributed by atoms with Gasteiger partial charge < -0.3 is 0 Å². The van der Waals surface area contributed by atoms with Crippen molar-refractivity contribution in [1.29, 1.82) is 0 Å². The van der Waals surface area contributed by atoms with E-state index in [4.69, 9.17) is 23.2 Å². The van der Waals surface area contributed by atoms with Gasteiger partial charge in [-0.2, -0.15) is 13.2 Å². The van der Waals surface area contributed by atoms with Gasteiger partial charge in [-0.15, -0.1) is 0 Å². The number of hydrogen-bond acceptors (Lipinski definition) is 2. The first-order valence-corrected chi connectivity index (χ1v) is 4.62. The summed E-state index contributed by atoms with van der Waals surface area (Å²) in [6, 6.07) is 0.453. The van der Waals surface area contributed by atoms with E-state index in [9.17, 15) is 23.3 Å². The van der Waals surface area contributed by atoms with Gasteiger partial charge in [-0.1, -0.05) is 23.2 Å². The van der Waals surface area contributed by atoms with E-state index in [1.54, 1.807) is 0 Å². The van der Waals surface area contributed by atoms with E-state index in [0.29, 0.717) is 6.07 Å². The van der Waals surface area contributed by atoms with E-state index in [-0.39, 0.29) is 15.6 Å². The quantitative estimate of drug-likeness (QED) is 0.568. The van der Waals surface area contributed by atoms with Gasteiger partial charge in [0.05, 0.1) is 15.0 Å². The van der Waals surface area contributed by atoms with Gasteiger partial charge in [0.2, 0.25) is 0 Å². The van der Waals surface area contributed by atoms with Crippen LogP contribution in [0.15, 0.2) is 6.07 Å². The minimum Gasteiger partial charge on any atom is -0.258 e. The Morgan fingerprint density at radius 3 is 2.25 bits per heavy atom. The van der Waals surface area contributed by atoms with Crippen LogP contribution in [0.5, 0.6) is 0 Å². The molecule has 0 aliphatic rings. The first-order chi connectivity index (χ1) is 7.16. The van der Waals surface area contributed by atoms with Crippen LogP contribution in [0.1, 0.15) is 11.1 Å². The molecule has 0 saturated carbocycles. The highest BCUT2D eigenvalue weighted by atomic mass is 35.5. The van der Waals surface area contributed by atoms with Crippen molar-refractivity contribution >= 4 is 28.9 Å². The first kappa shape index (κ1) is 13.1. The molecule has 0 aliphatic heterocycles. The SMILES string of the molecule is Cc1c(Cl)c(Cl)cc(C(F)(F)F)c1[N+](=O)[O-]. The van der Waals surface area contributed by atoms with Gasteiger partial charge in [0.15, 0.2) is 0 Å². The van der Waals surface area contributed by atoms with Gasteiger partial charge in [-0.25, -0.2) is 0 Å². The van der Waals surface area contributed by atoms with Crippen molar-refractivity contribution in [3.8, 4) is 0 Å². The standard InChI is InChI=1S/C8H4Cl2F3NO2/c1-3-6(10)5(9)2-4(8(11,12)13)7(3)14(15)16/h2H,1H3. The number of hydrogen-bond donors (Lipinski definition) is 0. The number of nitrogens with zero attached hydrogens (tertiary/aromatic N) is 1. The van der Waals surface area contributed by atoms with Crippen molar-refractivity contribution in [3.63, 3.8) is 0 Å². The normalized spacial score (nSPS) is 11.6. The van der Waals surface area contributed by atoms with Crippen molar-refractivity contribution in [2.45, 2.75) is 13.1 Å². The summed E-state index contributed by atoms with van der Waals surface area (Å²) in [6.45, 7) is 1.11. The molecule has 0 radical (unpaired) electrons. The molecular weight excluding hydrogens is 270 g/mol. The molecule has 0 aromatic heterocycles. The van der Waals surface area contributed by atoms with Crippen molar-refractivity contribution in [2.24, 2.45) is 0 Å². The predicted molar refractivity (Wildman–Crippen MR) is 52.9 cm³/mol. The molecule has 0 bridgehead atoms. The Kier molecular flexibility index (Phi) is 3.35. The zero-order valence-corrected chi connectivity index (χ0v) is 9.24. The van der Waals surface area contributed by atoms with Crippen LogP contribution in [-0.2, 0) is 6.18 Å². The maximum absolute atomic E-state index is 12.5. The van der Waals surface area contributed by atoms with E-state index < -0.39 is 22.4 Å². The highest BCUT2D eigenvalue weighted by molar-refractivity contribution is 6.42. The number of halogens is 5. The zero-order chi connectivity index (χ0) is 12.7. The first-order valence-electron chi connectivity index (χ1n) is 3.86. The molecule has 0 aliphatic carbocycles. The second-order valence-corrected chi connectivity index (χ2v) is 3.73. The molecule has 8 heteroatoms. The Bertz CT molecular complexity index is 460. The molecular formula is C8H4Cl2F3NO2. The average Bonchev–Trinajstić information content (AvgIpc) is 2.11. The van der Waals surface area contributed by atoms with Crippen LogP contribution in [0.3, 0.4) is 0 Å². The van der Waals surface area contributed by atoms with Crippen LogP contribution in [0.2, 0.25) is 10.0 Å². The lowest BCUT2D eigenvalue weighted by atomic mass is 10.1. The number of benzene rings is 1. The van der Waals surface area contributed by atoms with E-state index in [1.807, 2.05) is 0 Å². The summed E-state index contributed by atoms with van der Waals surface area (Å²) in [5.74, 6) is 0. The largest absolute Gasteiger partial charge is 0.423 e. The fourth-order valence-corrected chi connectivity index (χ4v) is 1.59. The minimum absolute atomic E-state index is 0.249. The van der Waals surface area contributed by atoms with Crippen LogP contribution in [0.4, 0.5) is 18.9 Å². The topological polar surface area (TPSA) is 43.1 Å². The summed E-state index contributed by atoms with van der Waals surface area (Å²) in [7, 11) is 0. The van der Waals surface area contributed by atoms with Crippen molar-refractivity contribution in [1.82, 2.24) is 0 Å². The summed E-state index contributed by atoms with van der Waals surface area (Å²) < 4.78 is 37.5. The average molecular weight is 274 g/mol. The number of nitro groups is 1. The lowest BCUT2D eigenvalue weighted by molar-refractivity contribution is -0.388. The van der Waals surface area contributed by atoms with Crippen LogP contribution in [0.25, 0.3) is 0 Å². The van der Waals surface area contributed by atoms with Gasteiger partial charge in [-0.05, 0) is 13.0 Å². The summed E-state index contributed by atoms with van der Waals surface area (Å²) >= 11 is 11.0. The highest BCUT2D eigenvalue weighted by Crippen LogP contribution is 2.43. The molecule has 1 aromatic carbocycles. The molecule has 1 aromatic rings. The molecule has 88 valence electrons. The van der Waals surface area contributed by atoms with E-state index in [1.165, 1.54) is 0 Å². The van der Waals surface area contributed by atoms with E-state index in [2.05, 4.69) is 0 Å². The van der Waals surface area contributed by atoms with Gasteiger partial charge >= 0.3 is 6.18 Å². The molecule has 0 saturated heterocycles. The van der Waals surface area contributed by atoms with Crippen molar-refractivity contribution < 1.29 is 18.1 Å². The Balaban J connectivity index is 3.67. The van der Waals surface area contributed by atoms with Gasteiger partial charge in [0.25, 0.3) is 5.69 Å². The van der Waals surface area contributed by atoms with Crippen LogP contribution >= 0.6 is 23.2 Å². The maximum Gasteiger partial charge on any atom is 0.423 e. The molecule has 1 rings (SSSR count). The predicted octanol–water partition coefficient (Wildman–Crippen LogP) is 4.23. The smallest absolute Gasteiger partial charge is 0.258 e. The van der Waals surface area contributed by atoms with Gasteiger partial charge in [-0.3, -0.25) is 10.1 Å². The molecule has 0 heterocycles. The lowest BCUT2D eigenvalue weighted by Gasteiger charge is -2.11. The van der Waals surface area contributed by atoms with E-state index >= 15 is 0 Å². The third kappa shape index (κ3) is 2.22. The zero-order valence-electron chi connectivity index (χ0n) is 7.73. The van der Waals surface area contributed by atoms with Crippen molar-refractivity contribution in [2.75, 3.05) is 0 Å². The van der Waals surface area contributed by atoms with Crippen LogP contribution in [-0.4, -0.2) is 4.92 Å². The van der Waals surface area contributed by atoms with E-state index in [0.717, 1.165) is 6.92 Å². The third-order valence-electron chi connectivity index (χ3n) is 1.91. The number of nitro benzene ring substituents is 1. The molecule has 16 heavy (non-hydrogen) atoms. The molecule has 0 atom stereocenters. The summed E-state index contributed by atoms with van der Waals surface area (Å²) in [4.78, 5) is 9.43. The Morgan fingerprint density at radius 1 is 1.38 bits per heavy atom. The third-order valence-corrected chi connectivity index (χ3v) is 2.79. The molecule has 0 spiro atoms. The van der Waals surface area contributed by atoms with Gasteiger partial charge in [0.1, 0.15) is 5.56 Å². The van der Waals surface area contributed by atoms with Gasteiger partial charge in [0, 0.05) is 5.56 Å². The second kappa shape index (κ2) is 4.10. The lowest BCUT2D eigenvalue weighted by Crippen LogP contribution is -2.10. The minimum atomic E-state index is -4.85. The van der Waals surface area contributed by atoms with Crippen molar-refractivity contribution in [3.05, 3.63) is 37.4 Å². The summed E-state index contributed by atoms with van der Waals surface area (Å²) in [5, 5.41) is 9.94. The molecule has 3 nitrogen and oxygen atoms in total. The maximum atomic E-state index is 12.5. The molecule has 0 unspecified atom stereocenters. The molecule has 0 amide bonds. The fraction of sp³-hybridized carbons (Fsp3) is 0.250. The Morgan fingerprint density at radius 2 is 1.88 bits per heavy atom. The molecule has 0 N–H and O–H groups in total. The van der Waals surface area contributed by atoms with Crippen LogP contribution in [0, 0.1) is 17.0 Å². The molecule has 0 fully saturated rings. The summed E-state index contributed by atoms with van der Waals surface area (Å²) in [5.41, 5.74) is -2.77. The Labute approximate surface area is 97.9 Å². The summed E-state index contributed by atoms with van der Waals surface area (Å²) in [6.07, 6.45) is -4.85. The number of alkyl halides is 3.